The molecule has 0 saturated heterocycles. The molecule has 0 unspecified atom stereocenters. The topological polar surface area (TPSA) is 0 Å². The van der Waals surface area contributed by atoms with E-state index in [0.29, 0.717) is 41.0 Å². The van der Waals surface area contributed by atoms with Gasteiger partial charge in [0.25, 0.3) is 0 Å². The quantitative estimate of drug-likeness (QED) is 0.0616. The zero-order chi connectivity index (χ0) is 43.5. The van der Waals surface area contributed by atoms with Crippen molar-refractivity contribution in [2.45, 2.75) is 37.3 Å². The summed E-state index contributed by atoms with van der Waals surface area (Å²) in [4.78, 5) is 0. The van der Waals surface area contributed by atoms with Gasteiger partial charge < -0.3 is 30.3 Å². The molecule has 1 atom stereocenters. The monoisotopic (exact) mass is 930 g/mol. The Balaban J connectivity index is 0.00000109. The first kappa shape index (κ1) is 47.4. The van der Waals surface area contributed by atoms with Gasteiger partial charge in [0.2, 0.25) is 0 Å². The molecule has 7 aromatic rings. The number of benzene rings is 5. The summed E-state index contributed by atoms with van der Waals surface area (Å²) in [5.74, 6) is 0. The van der Waals surface area contributed by atoms with Crippen LogP contribution in [0.3, 0.4) is 0 Å². The molecular weight excluding hydrogens is 898 g/mol. The number of rotatable bonds is 8. The van der Waals surface area contributed by atoms with Gasteiger partial charge in [-0.1, -0.05) is 96.7 Å². The molecule has 7 aromatic carbocycles. The summed E-state index contributed by atoms with van der Waals surface area (Å²) in [5.41, 5.74) is -6.78. The minimum Gasteiger partial charge on any atom is -0.748 e. The fourth-order valence-corrected chi connectivity index (χ4v) is 12.0. The van der Waals surface area contributed by atoms with Gasteiger partial charge in [0, 0.05) is 17.1 Å². The standard InChI is InChI=1S/C41H27F12P2.C5H5.Fe/c1-25(34-16-10-17-35(34)36-15-8-9-18-37(36)55(30-11-4-2-5-12-30)31-13-6-3-7-14-31)54(32-21-26(38(42,43)44)19-27(22-32)39(45,46)47)33-23-28(40(48,49)50)20-29(24-33)41(51,52)53;1-2-4-5-3-1;/h2-25H,1H3;1-5H;/q-1;-5;/t25-;;/m1../s1. The largest absolute Gasteiger partial charge is 0.748 e. The maximum atomic E-state index is 14.1. The molecule has 15 heteroatoms. The van der Waals surface area contributed by atoms with Crippen LogP contribution in [-0.2, 0) is 41.8 Å². The molecule has 0 bridgehead atoms. The van der Waals surface area contributed by atoms with Crippen molar-refractivity contribution in [3.05, 3.63) is 198 Å². The molecule has 0 heterocycles. The molecule has 0 spiro atoms. The fraction of sp³-hybridized carbons (Fsp3) is 0.130. The van der Waals surface area contributed by atoms with Crippen molar-refractivity contribution < 1.29 is 69.8 Å². The van der Waals surface area contributed by atoms with Crippen LogP contribution in [0.25, 0.3) is 11.1 Å². The summed E-state index contributed by atoms with van der Waals surface area (Å²) in [6.07, 6.45) is -21.3. The summed E-state index contributed by atoms with van der Waals surface area (Å²) < 4.78 is 170. The predicted molar refractivity (Wildman–Crippen MR) is 216 cm³/mol. The van der Waals surface area contributed by atoms with Crippen molar-refractivity contribution in [3.8, 4) is 11.1 Å². The Morgan fingerprint density at radius 1 is 0.443 bits per heavy atom. The Morgan fingerprint density at radius 3 is 1.18 bits per heavy atom. The minimum atomic E-state index is -5.33. The van der Waals surface area contributed by atoms with E-state index < -0.39 is 79.1 Å². The van der Waals surface area contributed by atoms with E-state index in [1.54, 1.807) is 24.3 Å². The van der Waals surface area contributed by atoms with Crippen molar-refractivity contribution in [3.63, 3.8) is 0 Å². The van der Waals surface area contributed by atoms with Gasteiger partial charge in [-0.2, -0.15) is 58.8 Å². The molecule has 0 fully saturated rings. The van der Waals surface area contributed by atoms with Crippen molar-refractivity contribution in [1.29, 1.82) is 0 Å². The number of alkyl halides is 12. The molecule has 0 radical (unpaired) electrons. The van der Waals surface area contributed by atoms with E-state index in [4.69, 9.17) is 0 Å². The number of halogens is 12. The maximum Gasteiger partial charge on any atom is 0.416 e. The molecule has 324 valence electrons. The van der Waals surface area contributed by atoms with Crippen LogP contribution in [-0.4, -0.2) is 0 Å². The van der Waals surface area contributed by atoms with Gasteiger partial charge in [0.1, 0.15) is 0 Å². The first-order valence-electron chi connectivity index (χ1n) is 18.0. The van der Waals surface area contributed by atoms with E-state index in [-0.39, 0.29) is 29.2 Å². The van der Waals surface area contributed by atoms with Gasteiger partial charge in [0.15, 0.2) is 0 Å². The van der Waals surface area contributed by atoms with Gasteiger partial charge in [-0.25, -0.2) is 0 Å². The van der Waals surface area contributed by atoms with Crippen LogP contribution in [0.5, 0.6) is 0 Å². The van der Waals surface area contributed by atoms with Crippen LogP contribution in [0.2, 0.25) is 0 Å². The molecule has 0 aliphatic heterocycles. The summed E-state index contributed by atoms with van der Waals surface area (Å²) in [5, 5.41) is 1.32. The van der Waals surface area contributed by atoms with Crippen LogP contribution in [0.1, 0.15) is 40.4 Å². The second-order valence-corrected chi connectivity index (χ2v) is 18.2. The van der Waals surface area contributed by atoms with Gasteiger partial charge in [-0.15, -0.1) is 29.3 Å². The van der Waals surface area contributed by atoms with Crippen LogP contribution >= 0.6 is 15.8 Å². The van der Waals surface area contributed by atoms with Gasteiger partial charge >= 0.3 is 24.7 Å². The van der Waals surface area contributed by atoms with Crippen LogP contribution in [0.15, 0.2) is 170 Å². The maximum absolute atomic E-state index is 14.1. The molecule has 0 aliphatic rings. The van der Waals surface area contributed by atoms with E-state index in [9.17, 15) is 52.7 Å². The Kier molecular flexibility index (Phi) is 14.9. The molecule has 61 heavy (non-hydrogen) atoms. The van der Waals surface area contributed by atoms with Crippen LogP contribution < -0.4 is 26.5 Å². The second-order valence-electron chi connectivity index (χ2n) is 13.5. The molecule has 0 saturated carbocycles. The predicted octanol–water partition coefficient (Wildman–Crippen LogP) is 13.5. The van der Waals surface area contributed by atoms with E-state index in [1.807, 2.05) is 103 Å². The van der Waals surface area contributed by atoms with Crippen molar-refractivity contribution in [2.24, 2.45) is 0 Å². The third kappa shape index (κ3) is 11.4. The molecular formula is C46H32F12FeP2-6. The molecule has 0 N–H and O–H groups in total. The Hall–Kier alpha value is -4.66. The Bertz CT molecular complexity index is 2270. The first-order chi connectivity index (χ1) is 28.2. The van der Waals surface area contributed by atoms with E-state index >= 15 is 0 Å². The average molecular weight is 931 g/mol. The summed E-state index contributed by atoms with van der Waals surface area (Å²) in [6.45, 7) is 1.39. The normalized spacial score (nSPS) is 12.8. The number of hydrogen-bond acceptors (Lipinski definition) is 0. The third-order valence-corrected chi connectivity index (χ3v) is 14.6. The van der Waals surface area contributed by atoms with Crippen LogP contribution in [0, 0.1) is 0 Å². The zero-order valence-electron chi connectivity index (χ0n) is 31.5. The average Bonchev–Trinajstić information content (AvgIpc) is 3.95. The number of hydrogen-bond donors (Lipinski definition) is 0. The Morgan fingerprint density at radius 2 is 0.803 bits per heavy atom. The Labute approximate surface area is 357 Å². The van der Waals surface area contributed by atoms with Crippen LogP contribution in [0.4, 0.5) is 52.7 Å². The van der Waals surface area contributed by atoms with Crippen molar-refractivity contribution in [2.75, 3.05) is 0 Å². The van der Waals surface area contributed by atoms with E-state index in [1.165, 1.54) is 13.0 Å². The molecule has 0 nitrogen and oxygen atoms in total. The summed E-state index contributed by atoms with van der Waals surface area (Å²) in [7, 11) is -4.10. The first-order valence-corrected chi connectivity index (χ1v) is 20.8. The molecule has 7 rings (SSSR count). The minimum absolute atomic E-state index is 0. The van der Waals surface area contributed by atoms with E-state index in [2.05, 4.69) is 0 Å². The molecule has 0 aromatic heterocycles. The van der Waals surface area contributed by atoms with Crippen molar-refractivity contribution in [1.82, 2.24) is 0 Å². The van der Waals surface area contributed by atoms with E-state index in [0.717, 1.165) is 15.9 Å². The summed E-state index contributed by atoms with van der Waals surface area (Å²) >= 11 is 0. The second kappa shape index (κ2) is 19.2. The van der Waals surface area contributed by atoms with Gasteiger partial charge in [-0.3, -0.25) is 0 Å². The molecule has 0 aliphatic carbocycles. The zero-order valence-corrected chi connectivity index (χ0v) is 34.4. The third-order valence-electron chi connectivity index (χ3n) is 9.41. The smallest absolute Gasteiger partial charge is 0.416 e. The van der Waals surface area contributed by atoms with Gasteiger partial charge in [-0.05, 0) is 79.1 Å². The van der Waals surface area contributed by atoms with Gasteiger partial charge in [0.05, 0.1) is 22.3 Å². The SMILES string of the molecule is C[C@H](c1ccc[c-]1-c1ccccc1P(c1ccccc1)c1ccccc1)P(c1cc(C(F)(F)F)cc(C(F)(F)F)c1)c1cc(C(F)(F)F)cc(C(F)(F)F)c1.[Fe].[cH-]1[cH-][cH-][cH-][cH-]1. The fourth-order valence-electron chi connectivity index (χ4n) is 6.73. The molecule has 0 amide bonds. The van der Waals surface area contributed by atoms with Crippen molar-refractivity contribution >= 4 is 42.4 Å². The summed E-state index contributed by atoms with van der Waals surface area (Å²) in [6, 6.07) is 42.2.